The number of nitrogens with one attached hydrogen (secondary N) is 1. The number of halogens is 1. The van der Waals surface area contributed by atoms with Gasteiger partial charge in [-0.05, 0) is 67.7 Å². The van der Waals surface area contributed by atoms with Gasteiger partial charge < -0.3 is 10.1 Å². The molecule has 0 bridgehead atoms. The number of rotatable bonds is 8. The summed E-state index contributed by atoms with van der Waals surface area (Å²) in [4.78, 5) is 15.1. The van der Waals surface area contributed by atoms with Crippen LogP contribution >= 0.6 is 0 Å². The van der Waals surface area contributed by atoms with Crippen molar-refractivity contribution in [2.24, 2.45) is 0 Å². The number of likely N-dealkylation sites (tertiary alicyclic amines) is 1. The van der Waals surface area contributed by atoms with Gasteiger partial charge in [0.2, 0.25) is 0 Å². The molecule has 4 nitrogen and oxygen atoms in total. The lowest BCUT2D eigenvalue weighted by atomic mass is 10.0. The Morgan fingerprint density at radius 3 is 2.43 bits per heavy atom. The average Bonchev–Trinajstić information content (AvgIpc) is 2.73. The first-order chi connectivity index (χ1) is 13.7. The van der Waals surface area contributed by atoms with Crippen LogP contribution in [0, 0.1) is 5.82 Å². The van der Waals surface area contributed by atoms with E-state index in [1.165, 1.54) is 37.0 Å². The number of piperidine rings is 1. The van der Waals surface area contributed by atoms with Crippen LogP contribution in [0.1, 0.15) is 43.7 Å². The van der Waals surface area contributed by atoms with Gasteiger partial charge in [-0.25, -0.2) is 4.39 Å². The van der Waals surface area contributed by atoms with Gasteiger partial charge in [0.05, 0.1) is 0 Å². The molecule has 5 heteroatoms. The standard InChI is InChI=1S/C23H29FN2O2/c1-2-22(28-21-12-10-20(24)11-13-21)23(27)25-16-18-8-4-5-9-19(18)17-26-14-6-3-7-15-26/h4-5,8-13,22H,2-3,6-7,14-17H2,1H3,(H,25,27)/t22-/m1/s1. The first-order valence-corrected chi connectivity index (χ1v) is 10.1. The van der Waals surface area contributed by atoms with E-state index in [2.05, 4.69) is 28.4 Å². The maximum atomic E-state index is 13.0. The summed E-state index contributed by atoms with van der Waals surface area (Å²) in [5.74, 6) is 0.0173. The lowest BCUT2D eigenvalue weighted by Gasteiger charge is -2.27. The van der Waals surface area contributed by atoms with Crippen LogP contribution in [0.5, 0.6) is 5.75 Å². The van der Waals surface area contributed by atoms with Gasteiger partial charge in [0.1, 0.15) is 11.6 Å². The Labute approximate surface area is 166 Å². The van der Waals surface area contributed by atoms with Crippen molar-refractivity contribution in [1.82, 2.24) is 10.2 Å². The molecule has 0 aliphatic carbocycles. The summed E-state index contributed by atoms with van der Waals surface area (Å²) in [5.41, 5.74) is 2.40. The van der Waals surface area contributed by atoms with Crippen LogP contribution in [0.3, 0.4) is 0 Å². The van der Waals surface area contributed by atoms with E-state index in [0.717, 1.165) is 25.2 Å². The van der Waals surface area contributed by atoms with Gasteiger partial charge in [0.25, 0.3) is 5.91 Å². The Morgan fingerprint density at radius 2 is 1.75 bits per heavy atom. The van der Waals surface area contributed by atoms with Crippen LogP contribution in [0.4, 0.5) is 4.39 Å². The third kappa shape index (κ3) is 5.80. The van der Waals surface area contributed by atoms with Gasteiger partial charge >= 0.3 is 0 Å². The summed E-state index contributed by atoms with van der Waals surface area (Å²) in [6, 6.07) is 14.0. The second-order valence-electron chi connectivity index (χ2n) is 7.29. The van der Waals surface area contributed by atoms with Crippen molar-refractivity contribution in [2.75, 3.05) is 13.1 Å². The molecular weight excluding hydrogens is 355 g/mol. The lowest BCUT2D eigenvalue weighted by molar-refractivity contribution is -0.128. The Morgan fingerprint density at radius 1 is 1.07 bits per heavy atom. The third-order valence-electron chi connectivity index (χ3n) is 5.17. The molecule has 28 heavy (non-hydrogen) atoms. The van der Waals surface area contributed by atoms with Gasteiger partial charge in [-0.1, -0.05) is 37.6 Å². The summed E-state index contributed by atoms with van der Waals surface area (Å²) in [5, 5.41) is 3.00. The van der Waals surface area contributed by atoms with E-state index in [-0.39, 0.29) is 11.7 Å². The van der Waals surface area contributed by atoms with Crippen LogP contribution in [-0.4, -0.2) is 30.0 Å². The molecule has 150 valence electrons. The molecule has 2 aromatic carbocycles. The maximum absolute atomic E-state index is 13.0. The topological polar surface area (TPSA) is 41.6 Å². The third-order valence-corrected chi connectivity index (χ3v) is 5.17. The SMILES string of the molecule is CC[C@@H](Oc1ccc(F)cc1)C(=O)NCc1ccccc1CN1CCCCC1. The highest BCUT2D eigenvalue weighted by atomic mass is 19.1. The van der Waals surface area contributed by atoms with E-state index >= 15 is 0 Å². The molecule has 1 amide bonds. The van der Waals surface area contributed by atoms with Crippen molar-refractivity contribution in [2.45, 2.75) is 51.8 Å². The first-order valence-electron chi connectivity index (χ1n) is 10.1. The van der Waals surface area contributed by atoms with E-state index in [9.17, 15) is 9.18 Å². The quantitative estimate of drug-likeness (QED) is 0.738. The molecule has 1 N–H and O–H groups in total. The summed E-state index contributed by atoms with van der Waals surface area (Å²) in [6.45, 7) is 5.59. The minimum atomic E-state index is -0.597. The van der Waals surface area contributed by atoms with Crippen LogP contribution in [0.25, 0.3) is 0 Å². The molecule has 2 aromatic rings. The Bertz CT molecular complexity index is 757. The molecule has 1 aliphatic heterocycles. The monoisotopic (exact) mass is 384 g/mol. The molecule has 1 saturated heterocycles. The van der Waals surface area contributed by atoms with Gasteiger partial charge in [-0.3, -0.25) is 9.69 Å². The molecule has 0 aromatic heterocycles. The highest BCUT2D eigenvalue weighted by Gasteiger charge is 2.19. The van der Waals surface area contributed by atoms with E-state index in [4.69, 9.17) is 4.74 Å². The summed E-state index contributed by atoms with van der Waals surface area (Å²) < 4.78 is 18.8. The van der Waals surface area contributed by atoms with Gasteiger partial charge in [0, 0.05) is 13.1 Å². The second-order valence-corrected chi connectivity index (χ2v) is 7.29. The maximum Gasteiger partial charge on any atom is 0.261 e. The number of hydrogen-bond donors (Lipinski definition) is 1. The number of carbonyl (C=O) groups excluding carboxylic acids is 1. The molecule has 3 rings (SSSR count). The summed E-state index contributed by atoms with van der Waals surface area (Å²) >= 11 is 0. The minimum absolute atomic E-state index is 0.153. The Kier molecular flexibility index (Phi) is 7.43. The van der Waals surface area contributed by atoms with Gasteiger partial charge in [0.15, 0.2) is 6.10 Å². The van der Waals surface area contributed by atoms with Crippen molar-refractivity contribution in [3.05, 3.63) is 65.5 Å². The van der Waals surface area contributed by atoms with E-state index < -0.39 is 6.10 Å². The van der Waals surface area contributed by atoms with E-state index in [1.807, 2.05) is 13.0 Å². The van der Waals surface area contributed by atoms with Crippen molar-refractivity contribution >= 4 is 5.91 Å². The van der Waals surface area contributed by atoms with Crippen LogP contribution < -0.4 is 10.1 Å². The fourth-order valence-electron chi connectivity index (χ4n) is 3.54. The largest absolute Gasteiger partial charge is 0.481 e. The zero-order chi connectivity index (χ0) is 19.8. The van der Waals surface area contributed by atoms with Gasteiger partial charge in [-0.15, -0.1) is 0 Å². The lowest BCUT2D eigenvalue weighted by Crippen LogP contribution is -2.38. The minimum Gasteiger partial charge on any atom is -0.481 e. The van der Waals surface area contributed by atoms with Gasteiger partial charge in [-0.2, -0.15) is 0 Å². The van der Waals surface area contributed by atoms with E-state index in [0.29, 0.717) is 18.7 Å². The van der Waals surface area contributed by atoms with E-state index in [1.54, 1.807) is 12.1 Å². The number of ether oxygens (including phenoxy) is 1. The van der Waals surface area contributed by atoms with Crippen molar-refractivity contribution in [3.63, 3.8) is 0 Å². The van der Waals surface area contributed by atoms with Crippen LogP contribution in [-0.2, 0) is 17.9 Å². The smallest absolute Gasteiger partial charge is 0.261 e. The zero-order valence-corrected chi connectivity index (χ0v) is 16.5. The van der Waals surface area contributed by atoms with Crippen molar-refractivity contribution in [1.29, 1.82) is 0 Å². The molecule has 0 radical (unpaired) electrons. The fraction of sp³-hybridized carbons (Fsp3) is 0.435. The highest BCUT2D eigenvalue weighted by molar-refractivity contribution is 5.81. The number of amides is 1. The summed E-state index contributed by atoms with van der Waals surface area (Å²) in [7, 11) is 0. The molecule has 1 heterocycles. The average molecular weight is 384 g/mol. The highest BCUT2D eigenvalue weighted by Crippen LogP contribution is 2.17. The predicted molar refractivity (Wildman–Crippen MR) is 109 cm³/mol. The molecule has 0 unspecified atom stereocenters. The second kappa shape index (κ2) is 10.2. The Hall–Kier alpha value is -2.40. The van der Waals surface area contributed by atoms with Crippen LogP contribution in [0.2, 0.25) is 0 Å². The zero-order valence-electron chi connectivity index (χ0n) is 16.5. The number of benzene rings is 2. The normalized spacial score (nSPS) is 15.8. The summed E-state index contributed by atoms with van der Waals surface area (Å²) in [6.07, 6.45) is 3.79. The number of hydrogen-bond acceptors (Lipinski definition) is 3. The molecule has 0 spiro atoms. The molecule has 1 atom stereocenters. The molecular formula is C23H29FN2O2. The number of carbonyl (C=O) groups is 1. The molecule has 0 saturated carbocycles. The number of nitrogens with zero attached hydrogens (tertiary/aromatic N) is 1. The Balaban J connectivity index is 1.57. The first kappa shape index (κ1) is 20.3. The molecule has 1 fully saturated rings. The van der Waals surface area contributed by atoms with Crippen molar-refractivity contribution < 1.29 is 13.9 Å². The molecule has 1 aliphatic rings. The predicted octanol–water partition coefficient (Wildman–Crippen LogP) is 4.29. The fourth-order valence-corrected chi connectivity index (χ4v) is 3.54. The van der Waals surface area contributed by atoms with Crippen LogP contribution in [0.15, 0.2) is 48.5 Å². The van der Waals surface area contributed by atoms with Crippen molar-refractivity contribution in [3.8, 4) is 5.75 Å².